The third-order valence-corrected chi connectivity index (χ3v) is 6.37. The van der Waals surface area contributed by atoms with Crippen LogP contribution < -0.4 is 10.1 Å². The Bertz CT molecular complexity index is 912. The van der Waals surface area contributed by atoms with Crippen LogP contribution in [0, 0.1) is 6.92 Å². The van der Waals surface area contributed by atoms with E-state index >= 15 is 0 Å². The smallest absolute Gasteiger partial charge is 0.258 e. The summed E-state index contributed by atoms with van der Waals surface area (Å²) in [5.41, 5.74) is 1.63. The van der Waals surface area contributed by atoms with Crippen LogP contribution in [0.3, 0.4) is 0 Å². The van der Waals surface area contributed by atoms with E-state index in [0.717, 1.165) is 14.3 Å². The first-order valence-electron chi connectivity index (χ1n) is 8.32. The van der Waals surface area contributed by atoms with Gasteiger partial charge in [0.1, 0.15) is 5.75 Å². The molecular formula is C19H23BrN2O4S. The summed E-state index contributed by atoms with van der Waals surface area (Å²) in [6.07, 6.45) is 0. The maximum Gasteiger partial charge on any atom is 0.258 e. The van der Waals surface area contributed by atoms with E-state index in [9.17, 15) is 13.2 Å². The van der Waals surface area contributed by atoms with Gasteiger partial charge in [-0.15, -0.1) is 0 Å². The number of nitrogens with zero attached hydrogens (tertiary/aromatic N) is 1. The van der Waals surface area contributed by atoms with E-state index in [0.29, 0.717) is 11.3 Å². The Hall–Kier alpha value is -1.90. The fourth-order valence-corrected chi connectivity index (χ4v) is 3.67. The Morgan fingerprint density at radius 2 is 1.81 bits per heavy atom. The van der Waals surface area contributed by atoms with E-state index in [2.05, 4.69) is 21.2 Å². The summed E-state index contributed by atoms with van der Waals surface area (Å²) < 4.78 is 32.0. The largest absolute Gasteiger partial charge is 0.484 e. The zero-order chi connectivity index (χ0) is 20.2. The first kappa shape index (κ1) is 21.4. The van der Waals surface area contributed by atoms with Gasteiger partial charge in [0.05, 0.1) is 10.9 Å². The zero-order valence-corrected chi connectivity index (χ0v) is 18.1. The molecule has 6 nitrogen and oxygen atoms in total. The molecule has 1 amide bonds. The van der Waals surface area contributed by atoms with Crippen molar-refractivity contribution >= 4 is 31.9 Å². The predicted molar refractivity (Wildman–Crippen MR) is 108 cm³/mol. The molecular weight excluding hydrogens is 432 g/mol. The molecule has 0 aliphatic heterocycles. The summed E-state index contributed by atoms with van der Waals surface area (Å²) in [5.74, 6) is 0.217. The standard InChI is InChI=1S/C19H23BrN2O4S/c1-13-11-17(27(24,25)22(3)4)9-10-18(13)26-12-19(23)21-14(2)15-5-7-16(20)8-6-15/h5-11,14H,12H2,1-4H3,(H,21,23)/t14-/m1/s1. The minimum absolute atomic E-state index is 0.150. The third kappa shape index (κ3) is 5.54. The van der Waals surface area contributed by atoms with Crippen molar-refractivity contribution in [2.45, 2.75) is 24.8 Å². The van der Waals surface area contributed by atoms with Crippen LogP contribution in [0.1, 0.15) is 24.1 Å². The Labute approximate surface area is 168 Å². The average molecular weight is 455 g/mol. The number of benzene rings is 2. The van der Waals surface area contributed by atoms with Gasteiger partial charge in [-0.05, 0) is 55.3 Å². The fourth-order valence-electron chi connectivity index (χ4n) is 2.42. The fraction of sp³-hybridized carbons (Fsp3) is 0.316. The van der Waals surface area contributed by atoms with Crippen LogP contribution in [0.15, 0.2) is 51.8 Å². The highest BCUT2D eigenvalue weighted by molar-refractivity contribution is 9.10. The maximum absolute atomic E-state index is 12.2. The number of rotatable bonds is 7. The molecule has 146 valence electrons. The quantitative estimate of drug-likeness (QED) is 0.696. The number of sulfonamides is 1. The summed E-state index contributed by atoms with van der Waals surface area (Å²) in [7, 11) is -0.546. The zero-order valence-electron chi connectivity index (χ0n) is 15.7. The first-order valence-corrected chi connectivity index (χ1v) is 10.6. The van der Waals surface area contributed by atoms with Crippen molar-refractivity contribution < 1.29 is 17.9 Å². The molecule has 0 aromatic heterocycles. The Morgan fingerprint density at radius 1 is 1.19 bits per heavy atom. The first-order chi connectivity index (χ1) is 12.6. The number of ether oxygens (including phenoxy) is 1. The lowest BCUT2D eigenvalue weighted by atomic mass is 10.1. The van der Waals surface area contributed by atoms with Crippen molar-refractivity contribution in [3.8, 4) is 5.75 Å². The third-order valence-electron chi connectivity index (χ3n) is 4.03. The van der Waals surface area contributed by atoms with Gasteiger partial charge in [0.2, 0.25) is 10.0 Å². The summed E-state index contributed by atoms with van der Waals surface area (Å²) in [6, 6.07) is 12.1. The minimum atomic E-state index is -3.50. The van der Waals surface area contributed by atoms with Crippen molar-refractivity contribution in [3.05, 3.63) is 58.1 Å². The second-order valence-corrected chi connectivity index (χ2v) is 9.41. The van der Waals surface area contributed by atoms with Gasteiger partial charge in [0, 0.05) is 18.6 Å². The molecule has 1 atom stereocenters. The molecule has 0 aliphatic carbocycles. The molecule has 2 aromatic carbocycles. The van der Waals surface area contributed by atoms with Crippen LogP contribution >= 0.6 is 15.9 Å². The number of hydrogen-bond donors (Lipinski definition) is 1. The number of halogens is 1. The van der Waals surface area contributed by atoms with Crippen LogP contribution in [0.4, 0.5) is 0 Å². The molecule has 0 spiro atoms. The predicted octanol–water partition coefficient (Wildman–Crippen LogP) is 3.26. The number of carbonyl (C=O) groups excluding carboxylic acids is 1. The lowest BCUT2D eigenvalue weighted by Gasteiger charge is -2.16. The van der Waals surface area contributed by atoms with E-state index in [1.54, 1.807) is 13.0 Å². The van der Waals surface area contributed by atoms with Gasteiger partial charge in [0.25, 0.3) is 5.91 Å². The second kappa shape index (κ2) is 8.86. The Kier molecular flexibility index (Phi) is 7.02. The normalized spacial score (nSPS) is 12.7. The van der Waals surface area contributed by atoms with Gasteiger partial charge < -0.3 is 10.1 Å². The summed E-state index contributed by atoms with van der Waals surface area (Å²) in [6.45, 7) is 3.49. The molecule has 0 fully saturated rings. The molecule has 1 N–H and O–H groups in total. The Morgan fingerprint density at radius 3 is 2.37 bits per heavy atom. The van der Waals surface area contributed by atoms with Gasteiger partial charge in [-0.2, -0.15) is 0 Å². The van der Waals surface area contributed by atoms with Gasteiger partial charge in [0.15, 0.2) is 6.61 Å². The number of carbonyl (C=O) groups is 1. The second-order valence-electron chi connectivity index (χ2n) is 6.34. The van der Waals surface area contributed by atoms with Gasteiger partial charge in [-0.1, -0.05) is 28.1 Å². The number of amides is 1. The topological polar surface area (TPSA) is 75.7 Å². The monoisotopic (exact) mass is 454 g/mol. The van der Waals surface area contributed by atoms with E-state index in [-0.39, 0.29) is 23.5 Å². The van der Waals surface area contributed by atoms with Crippen molar-refractivity contribution in [2.75, 3.05) is 20.7 Å². The van der Waals surface area contributed by atoms with Crippen LogP contribution in [0.2, 0.25) is 0 Å². The lowest BCUT2D eigenvalue weighted by molar-refractivity contribution is -0.123. The lowest BCUT2D eigenvalue weighted by Crippen LogP contribution is -2.31. The molecule has 0 radical (unpaired) electrons. The van der Waals surface area contributed by atoms with Crippen LogP contribution in [0.25, 0.3) is 0 Å². The highest BCUT2D eigenvalue weighted by Crippen LogP contribution is 2.23. The van der Waals surface area contributed by atoms with Gasteiger partial charge in [-0.25, -0.2) is 12.7 Å². The SMILES string of the molecule is Cc1cc(S(=O)(=O)N(C)C)ccc1OCC(=O)N[C@H](C)c1ccc(Br)cc1. The van der Waals surface area contributed by atoms with Crippen LogP contribution in [0.5, 0.6) is 5.75 Å². The molecule has 2 aromatic rings. The molecule has 2 rings (SSSR count). The number of nitrogens with one attached hydrogen (secondary N) is 1. The van der Waals surface area contributed by atoms with Gasteiger partial charge in [-0.3, -0.25) is 4.79 Å². The van der Waals surface area contributed by atoms with E-state index in [1.165, 1.54) is 26.2 Å². The van der Waals surface area contributed by atoms with Crippen molar-refractivity contribution in [3.63, 3.8) is 0 Å². The molecule has 0 saturated carbocycles. The summed E-state index contributed by atoms with van der Waals surface area (Å²) in [4.78, 5) is 12.3. The van der Waals surface area contributed by atoms with Gasteiger partial charge >= 0.3 is 0 Å². The highest BCUT2D eigenvalue weighted by atomic mass is 79.9. The average Bonchev–Trinajstić information content (AvgIpc) is 2.60. The van der Waals surface area contributed by atoms with Crippen molar-refractivity contribution in [2.24, 2.45) is 0 Å². The van der Waals surface area contributed by atoms with Crippen LogP contribution in [-0.4, -0.2) is 39.3 Å². The molecule has 27 heavy (non-hydrogen) atoms. The van der Waals surface area contributed by atoms with Crippen LogP contribution in [-0.2, 0) is 14.8 Å². The summed E-state index contributed by atoms with van der Waals surface area (Å²) in [5, 5.41) is 2.87. The number of aryl methyl sites for hydroxylation is 1. The molecule has 8 heteroatoms. The minimum Gasteiger partial charge on any atom is -0.484 e. The molecule has 0 saturated heterocycles. The number of hydrogen-bond acceptors (Lipinski definition) is 4. The van der Waals surface area contributed by atoms with E-state index in [4.69, 9.17) is 4.74 Å². The molecule has 0 heterocycles. The molecule has 0 unspecified atom stereocenters. The Balaban J connectivity index is 1.98. The molecule has 0 aliphatic rings. The summed E-state index contributed by atoms with van der Waals surface area (Å²) >= 11 is 3.38. The maximum atomic E-state index is 12.2. The van der Waals surface area contributed by atoms with E-state index < -0.39 is 10.0 Å². The molecule has 0 bridgehead atoms. The van der Waals surface area contributed by atoms with Crippen molar-refractivity contribution in [1.29, 1.82) is 0 Å². The van der Waals surface area contributed by atoms with E-state index in [1.807, 2.05) is 31.2 Å². The highest BCUT2D eigenvalue weighted by Gasteiger charge is 2.18. The van der Waals surface area contributed by atoms with Crippen molar-refractivity contribution in [1.82, 2.24) is 9.62 Å².